The summed E-state index contributed by atoms with van der Waals surface area (Å²) in [6.45, 7) is 3.40. The molecule has 0 spiro atoms. The zero-order valence-corrected chi connectivity index (χ0v) is 16.5. The van der Waals surface area contributed by atoms with E-state index >= 15 is 0 Å². The molecule has 0 saturated heterocycles. The molecule has 1 heterocycles. The first kappa shape index (κ1) is 20.3. The third-order valence-electron chi connectivity index (χ3n) is 4.09. The fourth-order valence-corrected chi connectivity index (χ4v) is 2.82. The minimum Gasteiger partial charge on any atom is -0.482 e. The topological polar surface area (TPSA) is 65.5 Å². The van der Waals surface area contributed by atoms with Crippen molar-refractivity contribution in [3.05, 3.63) is 84.1 Å². The van der Waals surface area contributed by atoms with E-state index in [-0.39, 0.29) is 24.9 Å². The molecule has 0 aliphatic heterocycles. The third kappa shape index (κ3) is 6.01. The number of hydrogen-bond donors (Lipinski definition) is 0. The van der Waals surface area contributed by atoms with Crippen molar-refractivity contribution in [2.45, 2.75) is 26.4 Å². The van der Waals surface area contributed by atoms with Crippen molar-refractivity contribution in [1.82, 2.24) is 4.98 Å². The van der Waals surface area contributed by atoms with Gasteiger partial charge in [0, 0.05) is 12.0 Å². The van der Waals surface area contributed by atoms with Gasteiger partial charge in [-0.2, -0.15) is 0 Å². The van der Waals surface area contributed by atoms with Gasteiger partial charge in [-0.1, -0.05) is 48.5 Å². The van der Waals surface area contributed by atoms with Gasteiger partial charge >= 0.3 is 5.97 Å². The Labute approximate surface area is 170 Å². The first-order chi connectivity index (χ1) is 14.0. The van der Waals surface area contributed by atoms with Gasteiger partial charge in [0.05, 0.1) is 11.8 Å². The average Bonchev–Trinajstić information content (AvgIpc) is 2.73. The van der Waals surface area contributed by atoms with Gasteiger partial charge in [-0.15, -0.1) is 0 Å². The van der Waals surface area contributed by atoms with Crippen molar-refractivity contribution in [3.63, 3.8) is 0 Å². The smallest absolute Gasteiger partial charge is 0.344 e. The molecule has 0 aliphatic carbocycles. The summed E-state index contributed by atoms with van der Waals surface area (Å²) in [5, 5.41) is 0. The van der Waals surface area contributed by atoms with E-state index in [0.29, 0.717) is 11.4 Å². The lowest BCUT2D eigenvalue weighted by molar-refractivity contribution is -0.149. The van der Waals surface area contributed by atoms with Crippen LogP contribution in [0.15, 0.2) is 72.8 Å². The van der Waals surface area contributed by atoms with Crippen LogP contribution in [-0.2, 0) is 16.0 Å². The number of ketones is 1. The van der Waals surface area contributed by atoms with Crippen molar-refractivity contribution in [3.8, 4) is 17.0 Å². The summed E-state index contributed by atoms with van der Waals surface area (Å²) < 4.78 is 10.5. The van der Waals surface area contributed by atoms with Crippen LogP contribution in [0.1, 0.15) is 29.9 Å². The zero-order chi connectivity index (χ0) is 20.6. The number of aromatic nitrogens is 1. The molecule has 1 aromatic heterocycles. The van der Waals surface area contributed by atoms with Gasteiger partial charge in [-0.25, -0.2) is 9.78 Å². The van der Waals surface area contributed by atoms with E-state index in [1.54, 1.807) is 38.1 Å². The highest BCUT2D eigenvalue weighted by Crippen LogP contribution is 2.19. The largest absolute Gasteiger partial charge is 0.482 e. The predicted molar refractivity (Wildman–Crippen MR) is 111 cm³/mol. The first-order valence-electron chi connectivity index (χ1n) is 9.48. The van der Waals surface area contributed by atoms with Crippen molar-refractivity contribution in [2.75, 3.05) is 6.61 Å². The van der Waals surface area contributed by atoms with Crippen LogP contribution in [0.3, 0.4) is 0 Å². The van der Waals surface area contributed by atoms with Crippen LogP contribution in [0.25, 0.3) is 11.3 Å². The fourth-order valence-electron chi connectivity index (χ4n) is 2.82. The Bertz CT molecular complexity index is 983. The highest BCUT2D eigenvalue weighted by atomic mass is 16.6. The van der Waals surface area contributed by atoms with Crippen molar-refractivity contribution in [2.24, 2.45) is 0 Å². The van der Waals surface area contributed by atoms with Gasteiger partial charge in [-0.05, 0) is 43.7 Å². The minimum atomic E-state index is -0.427. The molecule has 0 aliphatic rings. The molecule has 0 atom stereocenters. The number of Topliss-reactive ketones (excluding diaryl/α,β-unsaturated/α-hetero) is 1. The molecule has 0 fully saturated rings. The zero-order valence-electron chi connectivity index (χ0n) is 16.5. The number of rotatable bonds is 8. The number of ether oxygens (including phenoxy) is 2. The Morgan fingerprint density at radius 2 is 1.69 bits per heavy atom. The monoisotopic (exact) mass is 389 g/mol. The summed E-state index contributed by atoms with van der Waals surface area (Å²) >= 11 is 0. The SMILES string of the molecule is CC(C)OC(=O)COc1cccc(CC(=O)c2cccc(-c3ccccc3)n2)c1. The van der Waals surface area contributed by atoms with Crippen LogP contribution < -0.4 is 4.74 Å². The van der Waals surface area contributed by atoms with E-state index in [1.807, 2.05) is 48.5 Å². The molecule has 0 saturated carbocycles. The summed E-state index contributed by atoms with van der Waals surface area (Å²) in [7, 11) is 0. The van der Waals surface area contributed by atoms with Crippen molar-refractivity contribution >= 4 is 11.8 Å². The molecule has 29 heavy (non-hydrogen) atoms. The molecule has 148 valence electrons. The second-order valence-corrected chi connectivity index (χ2v) is 6.85. The molecule has 3 aromatic rings. The number of benzene rings is 2. The normalized spacial score (nSPS) is 10.6. The van der Waals surface area contributed by atoms with Crippen LogP contribution in [0.5, 0.6) is 5.75 Å². The number of carbonyl (C=O) groups is 2. The standard InChI is InChI=1S/C24H23NO4/c1-17(2)29-24(27)16-28-20-11-6-8-18(14-20)15-23(26)22-13-7-12-21(25-22)19-9-4-3-5-10-19/h3-14,17H,15-16H2,1-2H3. The van der Waals surface area contributed by atoms with Crippen LogP contribution >= 0.6 is 0 Å². The molecule has 5 nitrogen and oxygen atoms in total. The van der Waals surface area contributed by atoms with Gasteiger partial charge in [0.2, 0.25) is 0 Å². The van der Waals surface area contributed by atoms with E-state index in [9.17, 15) is 9.59 Å². The molecular weight excluding hydrogens is 366 g/mol. The lowest BCUT2D eigenvalue weighted by atomic mass is 10.1. The van der Waals surface area contributed by atoms with Crippen LogP contribution in [0, 0.1) is 0 Å². The molecule has 0 unspecified atom stereocenters. The van der Waals surface area contributed by atoms with Crippen molar-refractivity contribution < 1.29 is 19.1 Å². The highest BCUT2D eigenvalue weighted by molar-refractivity contribution is 5.96. The van der Waals surface area contributed by atoms with Crippen LogP contribution in [-0.4, -0.2) is 29.4 Å². The van der Waals surface area contributed by atoms with E-state index in [2.05, 4.69) is 4.98 Å². The van der Waals surface area contributed by atoms with Gasteiger partial charge in [0.1, 0.15) is 11.4 Å². The van der Waals surface area contributed by atoms with E-state index in [0.717, 1.165) is 16.8 Å². The van der Waals surface area contributed by atoms with Crippen LogP contribution in [0.2, 0.25) is 0 Å². The van der Waals surface area contributed by atoms with Gasteiger partial charge < -0.3 is 9.47 Å². The number of pyridine rings is 1. The second-order valence-electron chi connectivity index (χ2n) is 6.85. The Kier molecular flexibility index (Phi) is 6.74. The van der Waals surface area contributed by atoms with E-state index in [1.165, 1.54) is 0 Å². The number of esters is 1. The second kappa shape index (κ2) is 9.64. The molecule has 0 bridgehead atoms. The fraction of sp³-hybridized carbons (Fsp3) is 0.208. The first-order valence-corrected chi connectivity index (χ1v) is 9.48. The summed E-state index contributed by atoms with van der Waals surface area (Å²) in [5.41, 5.74) is 2.93. The molecule has 3 rings (SSSR count). The van der Waals surface area contributed by atoms with Gasteiger partial charge in [0.15, 0.2) is 12.4 Å². The highest BCUT2D eigenvalue weighted by Gasteiger charge is 2.12. The lowest BCUT2D eigenvalue weighted by Gasteiger charge is -2.10. The van der Waals surface area contributed by atoms with E-state index < -0.39 is 5.97 Å². The average molecular weight is 389 g/mol. The van der Waals surface area contributed by atoms with Crippen molar-refractivity contribution in [1.29, 1.82) is 0 Å². The molecule has 0 N–H and O–H groups in total. The molecule has 5 heteroatoms. The van der Waals surface area contributed by atoms with Gasteiger partial charge in [0.25, 0.3) is 0 Å². The maximum atomic E-state index is 12.7. The maximum Gasteiger partial charge on any atom is 0.344 e. The molecular formula is C24H23NO4. The Balaban J connectivity index is 1.66. The molecule has 2 aromatic carbocycles. The minimum absolute atomic E-state index is 0.0841. The lowest BCUT2D eigenvalue weighted by Crippen LogP contribution is -2.18. The van der Waals surface area contributed by atoms with E-state index in [4.69, 9.17) is 9.47 Å². The third-order valence-corrected chi connectivity index (χ3v) is 4.09. The molecule has 0 radical (unpaired) electrons. The number of hydrogen-bond acceptors (Lipinski definition) is 5. The number of carbonyl (C=O) groups excluding carboxylic acids is 2. The Morgan fingerprint density at radius 1 is 0.931 bits per heavy atom. The Hall–Kier alpha value is -3.47. The molecule has 0 amide bonds. The summed E-state index contributed by atoms with van der Waals surface area (Å²) in [6, 6.07) is 22.3. The summed E-state index contributed by atoms with van der Waals surface area (Å²) in [5.74, 6) is 0.00422. The van der Waals surface area contributed by atoms with Crippen LogP contribution in [0.4, 0.5) is 0 Å². The summed E-state index contributed by atoms with van der Waals surface area (Å²) in [6.07, 6.45) is 0.00742. The predicted octanol–water partition coefficient (Wildman–Crippen LogP) is 4.50. The van der Waals surface area contributed by atoms with Gasteiger partial charge in [-0.3, -0.25) is 4.79 Å². The summed E-state index contributed by atoms with van der Waals surface area (Å²) in [4.78, 5) is 28.8. The quantitative estimate of drug-likeness (QED) is 0.419. The maximum absolute atomic E-state index is 12.7. The Morgan fingerprint density at radius 3 is 2.45 bits per heavy atom. The number of nitrogens with zero attached hydrogens (tertiary/aromatic N) is 1.